The Labute approximate surface area is 116 Å². The van der Waals surface area contributed by atoms with Gasteiger partial charge in [0.1, 0.15) is 0 Å². The second kappa shape index (κ2) is 4.75. The van der Waals surface area contributed by atoms with Crippen LogP contribution in [0.3, 0.4) is 0 Å². The summed E-state index contributed by atoms with van der Waals surface area (Å²) in [4.78, 5) is 2.52. The maximum Gasteiger partial charge on any atom is 0.0861 e. The first-order valence-corrected chi connectivity index (χ1v) is 7.96. The molecule has 2 saturated heterocycles. The summed E-state index contributed by atoms with van der Waals surface area (Å²) in [7, 11) is 0. The molecule has 3 heteroatoms. The van der Waals surface area contributed by atoms with Crippen LogP contribution >= 0.6 is 0 Å². The monoisotopic (exact) mass is 262 g/mol. The van der Waals surface area contributed by atoms with Crippen LogP contribution in [0.5, 0.6) is 0 Å². The normalized spacial score (nSPS) is 47.6. The number of rotatable bonds is 1. The Bertz CT molecular complexity index is 381. The predicted molar refractivity (Wildman–Crippen MR) is 74.5 cm³/mol. The van der Waals surface area contributed by atoms with Gasteiger partial charge in [-0.15, -0.1) is 0 Å². The van der Waals surface area contributed by atoms with Gasteiger partial charge in [-0.2, -0.15) is 5.26 Å². The molecular weight excluding hydrogens is 236 g/mol. The van der Waals surface area contributed by atoms with Crippen LogP contribution in [0.1, 0.15) is 58.3 Å². The van der Waals surface area contributed by atoms with Gasteiger partial charge < -0.3 is 10.0 Å². The lowest BCUT2D eigenvalue weighted by Gasteiger charge is -2.51. The highest BCUT2D eigenvalue weighted by atomic mass is 16.3. The molecule has 2 atom stereocenters. The molecule has 2 unspecified atom stereocenters. The molecule has 3 rings (SSSR count). The molecule has 106 valence electrons. The standard InChI is InChI=1S/C16H26N2O/c1-13-4-6-15(12-17,7-5-13)16(19)8-10-18-9-2-3-14(18)11-16/h13-14,19H,2-11H2,1H3. The molecule has 0 aromatic carbocycles. The Morgan fingerprint density at radius 3 is 2.58 bits per heavy atom. The highest BCUT2D eigenvalue weighted by molar-refractivity contribution is 5.15. The Morgan fingerprint density at radius 2 is 1.89 bits per heavy atom. The van der Waals surface area contributed by atoms with Crippen molar-refractivity contribution in [3.63, 3.8) is 0 Å². The molecule has 0 spiro atoms. The summed E-state index contributed by atoms with van der Waals surface area (Å²) >= 11 is 0. The molecule has 3 aliphatic rings. The summed E-state index contributed by atoms with van der Waals surface area (Å²) in [5.41, 5.74) is -1.19. The van der Waals surface area contributed by atoms with E-state index in [4.69, 9.17) is 0 Å². The van der Waals surface area contributed by atoms with Crippen molar-refractivity contribution >= 4 is 0 Å². The molecule has 0 aromatic heterocycles. The smallest absolute Gasteiger partial charge is 0.0861 e. The second-order valence-electron chi connectivity index (χ2n) is 7.19. The molecule has 1 saturated carbocycles. The highest BCUT2D eigenvalue weighted by Gasteiger charge is 2.55. The molecule has 2 heterocycles. The summed E-state index contributed by atoms with van der Waals surface area (Å²) < 4.78 is 0. The topological polar surface area (TPSA) is 47.3 Å². The molecular formula is C16H26N2O. The summed E-state index contributed by atoms with van der Waals surface area (Å²) in [6, 6.07) is 3.09. The van der Waals surface area contributed by atoms with Gasteiger partial charge in [0, 0.05) is 12.6 Å². The van der Waals surface area contributed by atoms with Crippen molar-refractivity contribution in [3.05, 3.63) is 0 Å². The second-order valence-corrected chi connectivity index (χ2v) is 7.19. The number of nitriles is 1. The zero-order chi connectivity index (χ0) is 13.5. The molecule has 1 aliphatic carbocycles. The molecule has 19 heavy (non-hydrogen) atoms. The van der Waals surface area contributed by atoms with E-state index in [0.29, 0.717) is 6.04 Å². The number of fused-ring (bicyclic) bond motifs is 1. The lowest BCUT2D eigenvalue weighted by molar-refractivity contribution is -0.123. The fourth-order valence-electron chi connectivity index (χ4n) is 4.61. The van der Waals surface area contributed by atoms with Crippen molar-refractivity contribution in [1.29, 1.82) is 5.26 Å². The van der Waals surface area contributed by atoms with Gasteiger partial charge in [-0.3, -0.25) is 0 Å². The third kappa shape index (κ3) is 2.10. The third-order valence-corrected chi connectivity index (χ3v) is 6.12. The van der Waals surface area contributed by atoms with Crippen molar-refractivity contribution in [2.45, 2.75) is 69.9 Å². The van der Waals surface area contributed by atoms with Crippen molar-refractivity contribution < 1.29 is 5.11 Å². The number of piperidine rings is 1. The average Bonchev–Trinajstić information content (AvgIpc) is 2.87. The first kappa shape index (κ1) is 13.4. The van der Waals surface area contributed by atoms with Crippen LogP contribution in [0.2, 0.25) is 0 Å². The van der Waals surface area contributed by atoms with Gasteiger partial charge in [-0.1, -0.05) is 6.92 Å². The Morgan fingerprint density at radius 1 is 1.16 bits per heavy atom. The Kier molecular flexibility index (Phi) is 3.35. The van der Waals surface area contributed by atoms with Crippen molar-refractivity contribution in [2.24, 2.45) is 11.3 Å². The Hall–Kier alpha value is -0.590. The number of hydrogen-bond donors (Lipinski definition) is 1. The minimum Gasteiger partial charge on any atom is -0.388 e. The van der Waals surface area contributed by atoms with E-state index < -0.39 is 11.0 Å². The SMILES string of the molecule is CC1CCC(C#N)(C2(O)CCN3CCCC3C2)CC1. The van der Waals surface area contributed by atoms with Crippen LogP contribution in [0.15, 0.2) is 0 Å². The molecule has 3 nitrogen and oxygen atoms in total. The van der Waals surface area contributed by atoms with Crippen molar-refractivity contribution in [2.75, 3.05) is 13.1 Å². The number of hydrogen-bond acceptors (Lipinski definition) is 3. The molecule has 1 N–H and O–H groups in total. The average molecular weight is 262 g/mol. The third-order valence-electron chi connectivity index (χ3n) is 6.12. The first-order valence-electron chi connectivity index (χ1n) is 7.96. The number of aliphatic hydroxyl groups is 1. The van der Waals surface area contributed by atoms with Gasteiger partial charge in [0.05, 0.1) is 17.1 Å². The van der Waals surface area contributed by atoms with Crippen LogP contribution < -0.4 is 0 Å². The van der Waals surface area contributed by atoms with E-state index in [-0.39, 0.29) is 0 Å². The molecule has 3 fully saturated rings. The van der Waals surface area contributed by atoms with Crippen molar-refractivity contribution in [1.82, 2.24) is 4.90 Å². The molecule has 0 bridgehead atoms. The van der Waals surface area contributed by atoms with Gasteiger partial charge in [-0.05, 0) is 63.8 Å². The largest absolute Gasteiger partial charge is 0.388 e. The van der Waals surface area contributed by atoms with Crippen LogP contribution in [0, 0.1) is 22.7 Å². The maximum absolute atomic E-state index is 11.2. The number of nitrogens with zero attached hydrogens (tertiary/aromatic N) is 2. The quantitative estimate of drug-likeness (QED) is 0.790. The highest BCUT2D eigenvalue weighted by Crippen LogP contribution is 2.52. The summed E-state index contributed by atoms with van der Waals surface area (Å²) in [6.07, 6.45) is 8.09. The van der Waals surface area contributed by atoms with Crippen LogP contribution in [0.4, 0.5) is 0 Å². The Balaban J connectivity index is 1.80. The zero-order valence-corrected chi connectivity index (χ0v) is 12.1. The van der Waals surface area contributed by atoms with Gasteiger partial charge in [-0.25, -0.2) is 0 Å². The first-order chi connectivity index (χ1) is 9.09. The summed E-state index contributed by atoms with van der Waals surface area (Å²) in [6.45, 7) is 4.45. The zero-order valence-electron chi connectivity index (χ0n) is 12.1. The van der Waals surface area contributed by atoms with Crippen LogP contribution in [-0.2, 0) is 0 Å². The summed E-state index contributed by atoms with van der Waals surface area (Å²) in [5, 5.41) is 21.0. The molecule has 0 radical (unpaired) electrons. The van der Waals surface area contributed by atoms with E-state index in [1.165, 1.54) is 19.4 Å². The van der Waals surface area contributed by atoms with E-state index in [9.17, 15) is 10.4 Å². The minimum atomic E-state index is -0.729. The van der Waals surface area contributed by atoms with E-state index in [1.807, 2.05) is 0 Å². The minimum absolute atomic E-state index is 0.464. The maximum atomic E-state index is 11.2. The molecule has 0 amide bonds. The van der Waals surface area contributed by atoms with Gasteiger partial charge >= 0.3 is 0 Å². The fraction of sp³-hybridized carbons (Fsp3) is 0.938. The lowest BCUT2D eigenvalue weighted by Crippen LogP contribution is -2.57. The van der Waals surface area contributed by atoms with E-state index in [0.717, 1.165) is 51.0 Å². The van der Waals surface area contributed by atoms with E-state index >= 15 is 0 Å². The predicted octanol–water partition coefficient (Wildman–Crippen LogP) is 2.70. The fourth-order valence-corrected chi connectivity index (χ4v) is 4.61. The van der Waals surface area contributed by atoms with E-state index in [1.54, 1.807) is 0 Å². The van der Waals surface area contributed by atoms with E-state index in [2.05, 4.69) is 17.9 Å². The lowest BCUT2D eigenvalue weighted by atomic mass is 9.58. The molecule has 0 aromatic rings. The summed E-state index contributed by atoms with van der Waals surface area (Å²) in [5.74, 6) is 0.719. The van der Waals surface area contributed by atoms with Crippen LogP contribution in [-0.4, -0.2) is 34.7 Å². The van der Waals surface area contributed by atoms with Gasteiger partial charge in [0.2, 0.25) is 0 Å². The van der Waals surface area contributed by atoms with Crippen molar-refractivity contribution in [3.8, 4) is 6.07 Å². The van der Waals surface area contributed by atoms with Crippen LogP contribution in [0.25, 0.3) is 0 Å². The molecule has 2 aliphatic heterocycles. The van der Waals surface area contributed by atoms with Gasteiger partial charge in [0.15, 0.2) is 0 Å². The van der Waals surface area contributed by atoms with Gasteiger partial charge in [0.25, 0.3) is 0 Å².